The predicted octanol–water partition coefficient (Wildman–Crippen LogP) is 3.17. The van der Waals surface area contributed by atoms with Gasteiger partial charge in [0.15, 0.2) is 5.96 Å². The van der Waals surface area contributed by atoms with Crippen LogP contribution in [-0.4, -0.2) is 35.9 Å². The largest absolute Gasteiger partial charge is 0.356 e. The highest BCUT2D eigenvalue weighted by Crippen LogP contribution is 2.24. The lowest BCUT2D eigenvalue weighted by Gasteiger charge is -2.27. The van der Waals surface area contributed by atoms with Crippen LogP contribution in [0.2, 0.25) is 0 Å². The molecule has 1 heterocycles. The number of hydrogen-bond donors (Lipinski definition) is 2. The summed E-state index contributed by atoms with van der Waals surface area (Å²) < 4.78 is 16.1. The third-order valence-electron chi connectivity index (χ3n) is 4.47. The molecule has 142 valence electrons. The van der Waals surface area contributed by atoms with E-state index >= 15 is 0 Å². The normalized spacial score (nSPS) is 12.3. The molecule has 0 aliphatic heterocycles. The molecule has 2 rings (SSSR count). The minimum atomic E-state index is -0.341. The van der Waals surface area contributed by atoms with Gasteiger partial charge in [-0.1, -0.05) is 32.0 Å². The quantitative estimate of drug-likeness (QED) is 0.454. The number of rotatable bonds is 7. The van der Waals surface area contributed by atoms with Gasteiger partial charge < -0.3 is 10.6 Å². The van der Waals surface area contributed by atoms with Crippen molar-refractivity contribution in [3.05, 3.63) is 53.1 Å². The van der Waals surface area contributed by atoms with Gasteiger partial charge in [-0.15, -0.1) is 0 Å². The average Bonchev–Trinajstić information content (AvgIpc) is 2.92. The van der Waals surface area contributed by atoms with Gasteiger partial charge in [-0.3, -0.25) is 9.67 Å². The SMILES string of the molecule is CN=C(NCCCn1nc(C)cc1C)NCC(C)(C)c1ccccc1F. The van der Waals surface area contributed by atoms with Crippen molar-refractivity contribution in [3.63, 3.8) is 0 Å². The molecule has 1 aromatic carbocycles. The molecule has 0 radical (unpaired) electrons. The number of guanidine groups is 1. The highest BCUT2D eigenvalue weighted by Gasteiger charge is 2.24. The van der Waals surface area contributed by atoms with E-state index in [0.29, 0.717) is 12.1 Å². The van der Waals surface area contributed by atoms with Gasteiger partial charge in [-0.05, 0) is 38.0 Å². The molecule has 0 aliphatic rings. The molecule has 0 unspecified atom stereocenters. The van der Waals surface area contributed by atoms with E-state index in [2.05, 4.69) is 33.7 Å². The van der Waals surface area contributed by atoms with Crippen LogP contribution in [0.25, 0.3) is 0 Å². The number of nitrogens with zero attached hydrogens (tertiary/aromatic N) is 3. The molecule has 0 spiro atoms. The first-order chi connectivity index (χ1) is 12.3. The Morgan fingerprint density at radius 2 is 1.96 bits per heavy atom. The molecule has 2 N–H and O–H groups in total. The Kier molecular flexibility index (Phi) is 6.77. The van der Waals surface area contributed by atoms with Crippen LogP contribution in [0.1, 0.15) is 37.2 Å². The zero-order chi connectivity index (χ0) is 19.2. The van der Waals surface area contributed by atoms with Gasteiger partial charge in [0.1, 0.15) is 5.82 Å². The molecule has 0 bridgehead atoms. The van der Waals surface area contributed by atoms with Gasteiger partial charge in [-0.25, -0.2) is 4.39 Å². The predicted molar refractivity (Wildman–Crippen MR) is 105 cm³/mol. The van der Waals surface area contributed by atoms with E-state index in [-0.39, 0.29) is 11.2 Å². The van der Waals surface area contributed by atoms with Crippen LogP contribution < -0.4 is 10.6 Å². The Bertz CT molecular complexity index is 748. The van der Waals surface area contributed by atoms with Gasteiger partial charge in [-0.2, -0.15) is 5.10 Å². The monoisotopic (exact) mass is 359 g/mol. The smallest absolute Gasteiger partial charge is 0.191 e. The first-order valence-electron chi connectivity index (χ1n) is 9.04. The summed E-state index contributed by atoms with van der Waals surface area (Å²) in [5, 5.41) is 11.1. The summed E-state index contributed by atoms with van der Waals surface area (Å²) in [6, 6.07) is 9.00. The highest BCUT2D eigenvalue weighted by atomic mass is 19.1. The van der Waals surface area contributed by atoms with Gasteiger partial charge >= 0.3 is 0 Å². The Labute approximate surface area is 155 Å². The Morgan fingerprint density at radius 3 is 2.58 bits per heavy atom. The second-order valence-electron chi connectivity index (χ2n) is 7.22. The third-order valence-corrected chi connectivity index (χ3v) is 4.47. The van der Waals surface area contributed by atoms with Crippen molar-refractivity contribution in [1.29, 1.82) is 0 Å². The van der Waals surface area contributed by atoms with Gasteiger partial charge in [0.2, 0.25) is 0 Å². The van der Waals surface area contributed by atoms with Crippen molar-refractivity contribution in [3.8, 4) is 0 Å². The number of hydrogen-bond acceptors (Lipinski definition) is 2. The van der Waals surface area contributed by atoms with Crippen LogP contribution in [0.5, 0.6) is 0 Å². The topological polar surface area (TPSA) is 54.2 Å². The number of halogens is 1. The third kappa shape index (κ3) is 5.31. The van der Waals surface area contributed by atoms with E-state index in [4.69, 9.17) is 0 Å². The van der Waals surface area contributed by atoms with Crippen LogP contribution in [0.4, 0.5) is 4.39 Å². The Balaban J connectivity index is 1.80. The molecule has 0 saturated carbocycles. The molecule has 0 atom stereocenters. The maximum Gasteiger partial charge on any atom is 0.191 e. The van der Waals surface area contributed by atoms with Gasteiger partial charge in [0.05, 0.1) is 5.69 Å². The lowest BCUT2D eigenvalue weighted by atomic mass is 9.84. The summed E-state index contributed by atoms with van der Waals surface area (Å²) in [7, 11) is 1.74. The van der Waals surface area contributed by atoms with Crippen LogP contribution in [0.3, 0.4) is 0 Å². The van der Waals surface area contributed by atoms with Crippen LogP contribution in [0.15, 0.2) is 35.3 Å². The fourth-order valence-electron chi connectivity index (χ4n) is 2.97. The molecule has 26 heavy (non-hydrogen) atoms. The fourth-order valence-corrected chi connectivity index (χ4v) is 2.97. The summed E-state index contributed by atoms with van der Waals surface area (Å²) in [5.74, 6) is 0.551. The van der Waals surface area contributed by atoms with Gasteiger partial charge in [0.25, 0.3) is 0 Å². The number of nitrogens with one attached hydrogen (secondary N) is 2. The first-order valence-corrected chi connectivity index (χ1v) is 9.04. The molecule has 0 saturated heterocycles. The Hall–Kier alpha value is -2.37. The standard InChI is InChI=1S/C20H30FN5/c1-15-13-16(2)26(25-15)12-8-11-23-19(22-5)24-14-20(3,4)17-9-6-7-10-18(17)21/h6-7,9-10,13H,8,11-12,14H2,1-5H3,(H2,22,23,24). The van der Waals surface area contributed by atoms with Crippen molar-refractivity contribution in [2.24, 2.45) is 4.99 Å². The van der Waals surface area contributed by atoms with E-state index in [9.17, 15) is 4.39 Å². The van der Waals surface area contributed by atoms with Crippen molar-refractivity contribution in [2.75, 3.05) is 20.1 Å². The second-order valence-corrected chi connectivity index (χ2v) is 7.22. The lowest BCUT2D eigenvalue weighted by molar-refractivity contribution is 0.472. The number of aromatic nitrogens is 2. The molecule has 5 nitrogen and oxygen atoms in total. The van der Waals surface area contributed by atoms with E-state index in [1.165, 1.54) is 11.8 Å². The van der Waals surface area contributed by atoms with Crippen molar-refractivity contribution < 1.29 is 4.39 Å². The minimum absolute atomic E-state index is 0.174. The molecule has 1 aromatic heterocycles. The van der Waals surface area contributed by atoms with E-state index in [0.717, 1.165) is 31.2 Å². The Morgan fingerprint density at radius 1 is 1.23 bits per heavy atom. The fraction of sp³-hybridized carbons (Fsp3) is 0.500. The maximum atomic E-state index is 14.1. The van der Waals surface area contributed by atoms with Crippen LogP contribution >= 0.6 is 0 Å². The van der Waals surface area contributed by atoms with Crippen molar-refractivity contribution >= 4 is 5.96 Å². The first kappa shape index (κ1) is 19.9. The van der Waals surface area contributed by atoms with Crippen molar-refractivity contribution in [1.82, 2.24) is 20.4 Å². The molecule has 2 aromatic rings. The summed E-state index contributed by atoms with van der Waals surface area (Å²) >= 11 is 0. The van der Waals surface area contributed by atoms with Gasteiger partial charge in [0, 0.05) is 37.8 Å². The maximum absolute atomic E-state index is 14.1. The number of aryl methyl sites for hydroxylation is 3. The van der Waals surface area contributed by atoms with E-state index in [1.54, 1.807) is 13.1 Å². The number of benzene rings is 1. The zero-order valence-corrected chi connectivity index (χ0v) is 16.4. The minimum Gasteiger partial charge on any atom is -0.356 e. The molecular weight excluding hydrogens is 329 g/mol. The summed E-state index contributed by atoms with van der Waals surface area (Å²) in [4.78, 5) is 4.25. The molecule has 6 heteroatoms. The molecule has 0 amide bonds. The van der Waals surface area contributed by atoms with Crippen LogP contribution in [0, 0.1) is 19.7 Å². The average molecular weight is 359 g/mol. The summed E-state index contributed by atoms with van der Waals surface area (Å²) in [5.41, 5.74) is 2.58. The number of aliphatic imine (C=N–C) groups is 1. The van der Waals surface area contributed by atoms with E-state index in [1.807, 2.05) is 37.6 Å². The van der Waals surface area contributed by atoms with Crippen LogP contribution in [-0.2, 0) is 12.0 Å². The lowest BCUT2D eigenvalue weighted by Crippen LogP contribution is -2.44. The zero-order valence-electron chi connectivity index (χ0n) is 16.4. The second kappa shape index (κ2) is 8.83. The highest BCUT2D eigenvalue weighted by molar-refractivity contribution is 5.79. The van der Waals surface area contributed by atoms with Crippen molar-refractivity contribution in [2.45, 2.75) is 46.1 Å². The molecule has 0 fully saturated rings. The molecule has 0 aliphatic carbocycles. The summed E-state index contributed by atoms with van der Waals surface area (Å²) in [6.45, 7) is 10.4. The summed E-state index contributed by atoms with van der Waals surface area (Å²) in [6.07, 6.45) is 0.944. The van der Waals surface area contributed by atoms with E-state index < -0.39 is 0 Å². The molecular formula is C20H30FN5.